The second-order valence-electron chi connectivity index (χ2n) is 6.00. The number of sulfonamides is 1. The topological polar surface area (TPSA) is 121 Å². The average molecular weight is 486 g/mol. The quantitative estimate of drug-likeness (QED) is 0.457. The summed E-state index contributed by atoms with van der Waals surface area (Å²) in [7, 11) is -3.98. The minimum atomic E-state index is -3.98. The summed E-state index contributed by atoms with van der Waals surface area (Å²) in [6, 6.07) is 10.9. The van der Waals surface area contributed by atoms with E-state index in [1.165, 1.54) is 18.2 Å². The van der Waals surface area contributed by atoms with Crippen molar-refractivity contribution >= 4 is 39.2 Å². The van der Waals surface area contributed by atoms with E-state index in [9.17, 15) is 13.2 Å². The summed E-state index contributed by atoms with van der Waals surface area (Å²) in [5, 5.41) is 4.14. The fraction of sp³-hybridized carbons (Fsp3) is 0.211. The van der Waals surface area contributed by atoms with Gasteiger partial charge >= 0.3 is 5.97 Å². The average Bonchev–Trinajstić information content (AvgIpc) is 3.22. The van der Waals surface area contributed by atoms with E-state index in [-0.39, 0.29) is 33.3 Å². The zero-order chi connectivity index (χ0) is 22.4. The van der Waals surface area contributed by atoms with Crippen LogP contribution in [0.2, 0.25) is 10.0 Å². The minimum Gasteiger partial charge on any atom is -0.493 e. The standard InChI is InChI=1S/C19H17Cl2N3O6S/c1-2-28-16-6-4-3-5-13(16)19-23-17(30-24-19)11-29-18(25)10-22-31(26,27)12-7-8-14(20)15(21)9-12/h3-9,22H,2,10-11H2,1H3. The zero-order valence-corrected chi connectivity index (χ0v) is 18.5. The molecule has 0 aliphatic carbocycles. The van der Waals surface area contributed by atoms with Gasteiger partial charge in [0.25, 0.3) is 5.89 Å². The van der Waals surface area contributed by atoms with Crippen LogP contribution in [-0.4, -0.2) is 37.7 Å². The van der Waals surface area contributed by atoms with Crippen LogP contribution in [0.4, 0.5) is 0 Å². The Morgan fingerprint density at radius 3 is 2.68 bits per heavy atom. The van der Waals surface area contributed by atoms with E-state index < -0.39 is 22.5 Å². The Morgan fingerprint density at radius 1 is 1.16 bits per heavy atom. The molecule has 3 rings (SSSR count). The highest BCUT2D eigenvalue weighted by Gasteiger charge is 2.18. The Hall–Kier alpha value is -2.66. The number of carbonyl (C=O) groups is 1. The number of aromatic nitrogens is 2. The molecule has 0 atom stereocenters. The van der Waals surface area contributed by atoms with E-state index in [2.05, 4.69) is 14.9 Å². The van der Waals surface area contributed by atoms with Gasteiger partial charge in [0.05, 0.1) is 27.1 Å². The molecule has 0 radical (unpaired) electrons. The third-order valence-corrected chi connectivity index (χ3v) is 6.00. The van der Waals surface area contributed by atoms with Crippen molar-refractivity contribution in [2.24, 2.45) is 0 Å². The van der Waals surface area contributed by atoms with Gasteiger partial charge in [0.2, 0.25) is 15.8 Å². The summed E-state index contributed by atoms with van der Waals surface area (Å²) >= 11 is 11.6. The highest BCUT2D eigenvalue weighted by Crippen LogP contribution is 2.27. The number of hydrogen-bond donors (Lipinski definition) is 1. The maximum atomic E-state index is 12.2. The number of hydrogen-bond acceptors (Lipinski definition) is 8. The fourth-order valence-electron chi connectivity index (χ4n) is 2.43. The molecular formula is C19H17Cl2N3O6S. The fourth-order valence-corrected chi connectivity index (χ4v) is 3.79. The van der Waals surface area contributed by atoms with Crippen LogP contribution < -0.4 is 9.46 Å². The molecule has 0 unspecified atom stereocenters. The summed E-state index contributed by atoms with van der Waals surface area (Å²) in [5.41, 5.74) is 0.625. The third kappa shape index (κ3) is 5.95. The van der Waals surface area contributed by atoms with Crippen molar-refractivity contribution in [3.05, 3.63) is 58.4 Å². The number of ether oxygens (including phenoxy) is 2. The molecule has 2 aromatic carbocycles. The van der Waals surface area contributed by atoms with Gasteiger partial charge in [-0.05, 0) is 37.3 Å². The molecule has 0 aliphatic heterocycles. The second-order valence-corrected chi connectivity index (χ2v) is 8.58. The second kappa shape index (κ2) is 10.1. The minimum absolute atomic E-state index is 0.0435. The van der Waals surface area contributed by atoms with Crippen LogP contribution in [-0.2, 0) is 26.2 Å². The van der Waals surface area contributed by atoms with Gasteiger partial charge in [-0.3, -0.25) is 4.79 Å². The van der Waals surface area contributed by atoms with Crippen molar-refractivity contribution in [2.45, 2.75) is 18.4 Å². The molecule has 164 valence electrons. The molecule has 0 bridgehead atoms. The first kappa shape index (κ1) is 23.0. The van der Waals surface area contributed by atoms with Gasteiger partial charge in [0.15, 0.2) is 6.61 Å². The first-order chi connectivity index (χ1) is 14.8. The van der Waals surface area contributed by atoms with E-state index >= 15 is 0 Å². The highest BCUT2D eigenvalue weighted by atomic mass is 35.5. The van der Waals surface area contributed by atoms with Crippen molar-refractivity contribution in [2.75, 3.05) is 13.2 Å². The van der Waals surface area contributed by atoms with Gasteiger partial charge in [0.1, 0.15) is 12.3 Å². The van der Waals surface area contributed by atoms with E-state index in [0.29, 0.717) is 17.9 Å². The normalized spacial score (nSPS) is 11.3. The molecule has 0 saturated heterocycles. The summed E-state index contributed by atoms with van der Waals surface area (Å²) in [5.74, 6) is 0.0709. The van der Waals surface area contributed by atoms with Crippen LogP contribution in [0, 0.1) is 0 Å². The molecule has 0 saturated carbocycles. The van der Waals surface area contributed by atoms with Crippen molar-refractivity contribution in [3.8, 4) is 17.1 Å². The Kier molecular flexibility index (Phi) is 7.50. The van der Waals surface area contributed by atoms with Crippen molar-refractivity contribution in [1.29, 1.82) is 0 Å². The van der Waals surface area contributed by atoms with Gasteiger partial charge in [-0.15, -0.1) is 0 Å². The smallest absolute Gasteiger partial charge is 0.321 e. The Bertz CT molecular complexity index is 1180. The maximum absolute atomic E-state index is 12.2. The highest BCUT2D eigenvalue weighted by molar-refractivity contribution is 7.89. The first-order valence-electron chi connectivity index (χ1n) is 8.95. The van der Waals surface area contributed by atoms with E-state index in [1.807, 2.05) is 13.0 Å². The lowest BCUT2D eigenvalue weighted by molar-refractivity contribution is -0.144. The number of esters is 1. The van der Waals surface area contributed by atoms with E-state index in [4.69, 9.17) is 37.2 Å². The SMILES string of the molecule is CCOc1ccccc1-c1noc(COC(=O)CNS(=O)(=O)c2ccc(Cl)c(Cl)c2)n1. The molecule has 1 N–H and O–H groups in total. The van der Waals surface area contributed by atoms with Crippen LogP contribution in [0.3, 0.4) is 0 Å². The van der Waals surface area contributed by atoms with Gasteiger partial charge in [-0.2, -0.15) is 9.71 Å². The number of para-hydroxylation sites is 1. The van der Waals surface area contributed by atoms with Crippen LogP contribution in [0.25, 0.3) is 11.4 Å². The molecule has 0 spiro atoms. The third-order valence-electron chi connectivity index (χ3n) is 3.86. The lowest BCUT2D eigenvalue weighted by atomic mass is 10.2. The molecule has 31 heavy (non-hydrogen) atoms. The maximum Gasteiger partial charge on any atom is 0.321 e. The predicted octanol–water partition coefficient (Wildman–Crippen LogP) is 3.46. The van der Waals surface area contributed by atoms with Gasteiger partial charge in [-0.1, -0.05) is 40.5 Å². The van der Waals surface area contributed by atoms with Gasteiger partial charge in [-0.25, -0.2) is 8.42 Å². The molecule has 12 heteroatoms. The van der Waals surface area contributed by atoms with E-state index in [1.54, 1.807) is 18.2 Å². The molecule has 3 aromatic rings. The lowest BCUT2D eigenvalue weighted by Crippen LogP contribution is -2.30. The molecule has 9 nitrogen and oxygen atoms in total. The summed E-state index contributed by atoms with van der Waals surface area (Å²) in [4.78, 5) is 16.0. The molecule has 0 aliphatic rings. The molecule has 1 heterocycles. The predicted molar refractivity (Wildman–Crippen MR) is 112 cm³/mol. The first-order valence-corrected chi connectivity index (χ1v) is 11.2. The summed E-state index contributed by atoms with van der Waals surface area (Å²) < 4.78 is 42.2. The van der Waals surface area contributed by atoms with E-state index in [0.717, 1.165) is 0 Å². The molecule has 0 fully saturated rings. The molecule has 1 aromatic heterocycles. The Morgan fingerprint density at radius 2 is 1.94 bits per heavy atom. The van der Waals surface area contributed by atoms with Crippen LogP contribution in [0.1, 0.15) is 12.8 Å². The lowest BCUT2D eigenvalue weighted by Gasteiger charge is -2.07. The van der Waals surface area contributed by atoms with Crippen LogP contribution in [0.15, 0.2) is 51.9 Å². The summed E-state index contributed by atoms with van der Waals surface area (Å²) in [6.45, 7) is 1.40. The largest absolute Gasteiger partial charge is 0.493 e. The number of halogens is 2. The molecule has 0 amide bonds. The van der Waals surface area contributed by atoms with Crippen molar-refractivity contribution < 1.29 is 27.2 Å². The number of carbonyl (C=O) groups excluding carboxylic acids is 1. The van der Waals surface area contributed by atoms with Gasteiger partial charge in [0, 0.05) is 0 Å². The van der Waals surface area contributed by atoms with Crippen molar-refractivity contribution in [3.63, 3.8) is 0 Å². The monoisotopic (exact) mass is 485 g/mol. The summed E-state index contributed by atoms with van der Waals surface area (Å²) in [6.07, 6.45) is 0. The zero-order valence-electron chi connectivity index (χ0n) is 16.2. The Balaban J connectivity index is 1.56. The number of benzene rings is 2. The van der Waals surface area contributed by atoms with Crippen molar-refractivity contribution in [1.82, 2.24) is 14.9 Å². The van der Waals surface area contributed by atoms with Gasteiger partial charge < -0.3 is 14.0 Å². The number of nitrogens with one attached hydrogen (secondary N) is 1. The Labute approximate surface area is 188 Å². The van der Waals surface area contributed by atoms with Crippen LogP contribution >= 0.6 is 23.2 Å². The number of rotatable bonds is 9. The number of nitrogens with zero attached hydrogens (tertiary/aromatic N) is 2. The van der Waals surface area contributed by atoms with Crippen LogP contribution in [0.5, 0.6) is 5.75 Å². The molecular weight excluding hydrogens is 469 g/mol.